The van der Waals surface area contributed by atoms with Crippen LogP contribution >= 0.6 is 0 Å². The summed E-state index contributed by atoms with van der Waals surface area (Å²) in [7, 11) is 3.16. The van der Waals surface area contributed by atoms with E-state index < -0.39 is 11.6 Å². The van der Waals surface area contributed by atoms with Crippen molar-refractivity contribution in [3.8, 4) is 0 Å². The number of nitrogens with zero attached hydrogens (tertiary/aromatic N) is 2. The summed E-state index contributed by atoms with van der Waals surface area (Å²) in [6, 6.07) is -0.291. The first kappa shape index (κ1) is 15.7. The van der Waals surface area contributed by atoms with Crippen LogP contribution in [0.3, 0.4) is 0 Å². The first-order chi connectivity index (χ1) is 8.84. The largest absolute Gasteiger partial charge is 0.481 e. The lowest BCUT2D eigenvalue weighted by atomic mass is 9.94. The molecule has 0 aliphatic carbocycles. The molecule has 0 spiro atoms. The van der Waals surface area contributed by atoms with Crippen molar-refractivity contribution in [2.24, 2.45) is 0 Å². The fourth-order valence-corrected chi connectivity index (χ4v) is 2.07. The molecule has 0 radical (unpaired) electrons. The van der Waals surface area contributed by atoms with Gasteiger partial charge < -0.3 is 24.7 Å². The van der Waals surface area contributed by atoms with E-state index in [0.29, 0.717) is 26.1 Å². The van der Waals surface area contributed by atoms with E-state index in [4.69, 9.17) is 9.84 Å². The molecule has 0 saturated carbocycles. The number of aliphatic carboxylic acids is 1. The molecule has 0 bridgehead atoms. The topological polar surface area (TPSA) is 90.3 Å². The summed E-state index contributed by atoms with van der Waals surface area (Å²) in [6.07, 6.45) is 0.918. The second-order valence-electron chi connectivity index (χ2n) is 5.04. The van der Waals surface area contributed by atoms with Gasteiger partial charge in [-0.2, -0.15) is 0 Å². The normalized spacial score (nSPS) is 17.8. The second-order valence-corrected chi connectivity index (χ2v) is 5.04. The van der Waals surface area contributed by atoms with E-state index in [1.165, 1.54) is 9.80 Å². The molecular weight excluding hydrogens is 252 g/mol. The first-order valence-electron chi connectivity index (χ1n) is 6.32. The third kappa shape index (κ3) is 5.04. The molecule has 0 unspecified atom stereocenters. The van der Waals surface area contributed by atoms with Gasteiger partial charge in [0.25, 0.3) is 0 Å². The van der Waals surface area contributed by atoms with E-state index in [1.807, 2.05) is 0 Å². The summed E-state index contributed by atoms with van der Waals surface area (Å²) in [5.74, 6) is -0.939. The molecule has 2 amide bonds. The smallest absolute Gasteiger partial charge is 0.319 e. The van der Waals surface area contributed by atoms with Gasteiger partial charge in [-0.15, -0.1) is 0 Å². The van der Waals surface area contributed by atoms with Gasteiger partial charge in [-0.05, 0) is 0 Å². The minimum Gasteiger partial charge on any atom is -0.481 e. The van der Waals surface area contributed by atoms with Crippen LogP contribution in [0.1, 0.15) is 19.3 Å². The minimum atomic E-state index is -0.939. The number of carboxylic acid groups (broad SMARTS) is 1. The quantitative estimate of drug-likeness (QED) is 0.735. The standard InChI is InChI=1S/C12H22N2O5/c1-13(6-3-10(15)16)11(17)14(2)9-12(18)4-7-19-8-5-12/h18H,3-9H2,1-2H3,(H,15,16). The molecule has 110 valence electrons. The number of carbonyl (C=O) groups excluding carboxylic acids is 1. The number of likely N-dealkylation sites (N-methyl/N-ethyl adjacent to an activating group) is 1. The van der Waals surface area contributed by atoms with Gasteiger partial charge in [0.2, 0.25) is 0 Å². The summed E-state index contributed by atoms with van der Waals surface area (Å²) >= 11 is 0. The number of urea groups is 1. The third-order valence-electron chi connectivity index (χ3n) is 3.27. The first-order valence-corrected chi connectivity index (χ1v) is 6.32. The van der Waals surface area contributed by atoms with Crippen LogP contribution in [-0.4, -0.2) is 78.0 Å². The van der Waals surface area contributed by atoms with Crippen LogP contribution in [0.15, 0.2) is 0 Å². The Labute approximate surface area is 112 Å². The summed E-state index contributed by atoms with van der Waals surface area (Å²) in [6.45, 7) is 1.37. The highest BCUT2D eigenvalue weighted by molar-refractivity contribution is 5.75. The lowest BCUT2D eigenvalue weighted by Gasteiger charge is -2.36. The molecule has 0 atom stereocenters. The molecule has 0 aromatic heterocycles. The van der Waals surface area contributed by atoms with Gasteiger partial charge in [-0.1, -0.05) is 0 Å². The maximum atomic E-state index is 12.0. The van der Waals surface area contributed by atoms with Crippen molar-refractivity contribution >= 4 is 12.0 Å². The molecule has 1 rings (SSSR count). The van der Waals surface area contributed by atoms with Crippen molar-refractivity contribution in [2.45, 2.75) is 24.9 Å². The molecule has 7 nitrogen and oxygen atoms in total. The van der Waals surface area contributed by atoms with Gasteiger partial charge in [0.15, 0.2) is 0 Å². The Bertz CT molecular complexity index is 328. The van der Waals surface area contributed by atoms with Gasteiger partial charge >= 0.3 is 12.0 Å². The highest BCUT2D eigenvalue weighted by Gasteiger charge is 2.32. The van der Waals surface area contributed by atoms with Crippen LogP contribution < -0.4 is 0 Å². The zero-order valence-electron chi connectivity index (χ0n) is 11.5. The fraction of sp³-hybridized carbons (Fsp3) is 0.833. The molecule has 0 aromatic carbocycles. The van der Waals surface area contributed by atoms with Crippen LogP contribution in [0.25, 0.3) is 0 Å². The number of carbonyl (C=O) groups is 2. The highest BCUT2D eigenvalue weighted by atomic mass is 16.5. The van der Waals surface area contributed by atoms with E-state index in [1.54, 1.807) is 14.1 Å². The van der Waals surface area contributed by atoms with E-state index in [-0.39, 0.29) is 25.5 Å². The average molecular weight is 274 g/mol. The average Bonchev–Trinajstić information content (AvgIpc) is 2.35. The van der Waals surface area contributed by atoms with Gasteiger partial charge in [-0.3, -0.25) is 4.79 Å². The molecule has 1 aliphatic heterocycles. The van der Waals surface area contributed by atoms with Crippen LogP contribution in [-0.2, 0) is 9.53 Å². The summed E-state index contributed by atoms with van der Waals surface area (Å²) in [5, 5.41) is 18.9. The monoisotopic (exact) mass is 274 g/mol. The van der Waals surface area contributed by atoms with Crippen molar-refractivity contribution in [1.82, 2.24) is 9.80 Å². The Morgan fingerprint density at radius 2 is 1.79 bits per heavy atom. The van der Waals surface area contributed by atoms with Crippen molar-refractivity contribution < 1.29 is 24.5 Å². The fourth-order valence-electron chi connectivity index (χ4n) is 2.07. The highest BCUT2D eigenvalue weighted by Crippen LogP contribution is 2.21. The van der Waals surface area contributed by atoms with Gasteiger partial charge in [0, 0.05) is 46.7 Å². The van der Waals surface area contributed by atoms with E-state index in [2.05, 4.69) is 0 Å². The molecule has 1 aliphatic rings. The van der Waals surface area contributed by atoms with Crippen molar-refractivity contribution in [3.63, 3.8) is 0 Å². The van der Waals surface area contributed by atoms with Gasteiger partial charge in [0.1, 0.15) is 0 Å². The van der Waals surface area contributed by atoms with Gasteiger partial charge in [-0.25, -0.2) is 4.79 Å². The summed E-state index contributed by atoms with van der Waals surface area (Å²) < 4.78 is 5.18. The van der Waals surface area contributed by atoms with Crippen molar-refractivity contribution in [2.75, 3.05) is 40.4 Å². The number of ether oxygens (including phenoxy) is 1. The Kier molecular flexibility index (Phi) is 5.56. The predicted octanol–water partition coefficient (Wildman–Crippen LogP) is -0.0138. The molecule has 0 aromatic rings. The maximum absolute atomic E-state index is 12.0. The van der Waals surface area contributed by atoms with Crippen LogP contribution in [0.5, 0.6) is 0 Å². The Balaban J connectivity index is 2.44. The lowest BCUT2D eigenvalue weighted by Crippen LogP contribution is -2.50. The predicted molar refractivity (Wildman–Crippen MR) is 67.9 cm³/mol. The number of rotatable bonds is 5. The number of aliphatic hydroxyl groups is 1. The minimum absolute atomic E-state index is 0.0891. The van der Waals surface area contributed by atoms with E-state index in [9.17, 15) is 14.7 Å². The number of amides is 2. The zero-order chi connectivity index (χ0) is 14.5. The van der Waals surface area contributed by atoms with Crippen molar-refractivity contribution in [3.05, 3.63) is 0 Å². The third-order valence-corrected chi connectivity index (χ3v) is 3.27. The molecule has 1 fully saturated rings. The van der Waals surface area contributed by atoms with Crippen LogP contribution in [0.2, 0.25) is 0 Å². The van der Waals surface area contributed by atoms with Gasteiger partial charge in [0.05, 0.1) is 18.6 Å². The number of hydrogen-bond donors (Lipinski definition) is 2. The summed E-state index contributed by atoms with van der Waals surface area (Å²) in [5.41, 5.74) is -0.906. The lowest BCUT2D eigenvalue weighted by molar-refractivity contribution is -0.137. The molecule has 2 N–H and O–H groups in total. The summed E-state index contributed by atoms with van der Waals surface area (Å²) in [4.78, 5) is 25.2. The van der Waals surface area contributed by atoms with Crippen LogP contribution in [0.4, 0.5) is 4.79 Å². The molecule has 19 heavy (non-hydrogen) atoms. The van der Waals surface area contributed by atoms with Crippen LogP contribution in [0, 0.1) is 0 Å². The molecule has 7 heteroatoms. The van der Waals surface area contributed by atoms with E-state index >= 15 is 0 Å². The molecule has 1 heterocycles. The molecule has 1 saturated heterocycles. The molecular formula is C12H22N2O5. The zero-order valence-corrected chi connectivity index (χ0v) is 11.5. The Morgan fingerprint density at radius 1 is 1.21 bits per heavy atom. The Morgan fingerprint density at radius 3 is 2.32 bits per heavy atom. The number of hydrogen-bond acceptors (Lipinski definition) is 4. The Hall–Kier alpha value is -1.34. The van der Waals surface area contributed by atoms with Crippen molar-refractivity contribution in [1.29, 1.82) is 0 Å². The SMILES string of the molecule is CN(CCC(=O)O)C(=O)N(C)CC1(O)CCOCC1. The maximum Gasteiger partial charge on any atom is 0.319 e. The number of carboxylic acids is 1. The second kappa shape index (κ2) is 6.72. The van der Waals surface area contributed by atoms with E-state index in [0.717, 1.165) is 0 Å².